The van der Waals surface area contributed by atoms with Crippen LogP contribution in [-0.2, 0) is 4.79 Å². The molecule has 160 valence electrons. The number of rotatable bonds is 8. The van der Waals surface area contributed by atoms with Crippen LogP contribution < -0.4 is 20.5 Å². The van der Waals surface area contributed by atoms with Gasteiger partial charge in [-0.2, -0.15) is 0 Å². The van der Waals surface area contributed by atoms with Gasteiger partial charge in [-0.25, -0.2) is 0 Å². The maximum atomic E-state index is 12.1. The van der Waals surface area contributed by atoms with Crippen molar-refractivity contribution in [3.05, 3.63) is 58.6 Å². The van der Waals surface area contributed by atoms with Crippen LogP contribution in [0.2, 0.25) is 10.0 Å². The molecule has 0 aliphatic heterocycles. The van der Waals surface area contributed by atoms with Crippen LogP contribution in [-0.4, -0.2) is 37.0 Å². The van der Waals surface area contributed by atoms with E-state index in [1.165, 1.54) is 0 Å². The summed E-state index contributed by atoms with van der Waals surface area (Å²) in [6.45, 7) is 0.217. The number of hydrogen-bond donors (Lipinski definition) is 2. The molecule has 0 bridgehead atoms. The number of aliphatic imine (C=N–C) groups is 1. The molecule has 3 rings (SSSR count). The minimum Gasteiger partial charge on any atom is -0.486 e. The third-order valence-corrected chi connectivity index (χ3v) is 5.30. The second kappa shape index (κ2) is 11.1. The number of benzene rings is 2. The Balaban J connectivity index is 1.35. The van der Waals surface area contributed by atoms with E-state index >= 15 is 0 Å². The van der Waals surface area contributed by atoms with E-state index in [0.717, 1.165) is 25.7 Å². The lowest BCUT2D eigenvalue weighted by Crippen LogP contribution is -2.41. The Morgan fingerprint density at radius 3 is 1.93 bits per heavy atom. The zero-order chi connectivity index (χ0) is 21.3. The van der Waals surface area contributed by atoms with Gasteiger partial charge in [0.2, 0.25) is 0 Å². The summed E-state index contributed by atoms with van der Waals surface area (Å²) in [5, 5.41) is 4.31. The lowest BCUT2D eigenvalue weighted by atomic mass is 9.91. The van der Waals surface area contributed by atoms with Crippen LogP contribution >= 0.6 is 23.2 Å². The van der Waals surface area contributed by atoms with Gasteiger partial charge < -0.3 is 20.5 Å². The largest absolute Gasteiger partial charge is 0.486 e. The molecule has 2 aromatic carbocycles. The minimum absolute atomic E-state index is 0.0191. The standard InChI is InChI=1S/C22H25Cl2N3O3/c23-15-1-9-19(10-2-15)29-13-21(25)26-17-5-7-18(8-6-17)27-22(28)14-30-20-11-3-16(24)4-12-20/h1-4,9-12,17-18H,5-8,13-14H2,(H2,25,26)(H,27,28). The van der Waals surface area contributed by atoms with Crippen molar-refractivity contribution < 1.29 is 14.3 Å². The quantitative estimate of drug-likeness (QED) is 0.466. The predicted molar refractivity (Wildman–Crippen MR) is 120 cm³/mol. The van der Waals surface area contributed by atoms with Gasteiger partial charge in [0.1, 0.15) is 23.9 Å². The van der Waals surface area contributed by atoms with Crippen LogP contribution in [0.1, 0.15) is 25.7 Å². The summed E-state index contributed by atoms with van der Waals surface area (Å²) in [6.07, 6.45) is 3.44. The molecule has 0 spiro atoms. The lowest BCUT2D eigenvalue weighted by molar-refractivity contribution is -0.124. The second-order valence-electron chi connectivity index (χ2n) is 7.18. The maximum absolute atomic E-state index is 12.1. The van der Waals surface area contributed by atoms with Crippen LogP contribution in [0.4, 0.5) is 0 Å². The third kappa shape index (κ3) is 7.43. The molecule has 1 amide bonds. The molecule has 0 radical (unpaired) electrons. The van der Waals surface area contributed by atoms with E-state index in [4.69, 9.17) is 38.4 Å². The summed E-state index contributed by atoms with van der Waals surface area (Å²) in [5.41, 5.74) is 6.01. The predicted octanol–water partition coefficient (Wildman–Crippen LogP) is 4.24. The summed E-state index contributed by atoms with van der Waals surface area (Å²) in [4.78, 5) is 16.7. The van der Waals surface area contributed by atoms with Gasteiger partial charge in [0.15, 0.2) is 6.61 Å². The molecule has 30 heavy (non-hydrogen) atoms. The summed E-state index contributed by atoms with van der Waals surface area (Å²) >= 11 is 11.7. The second-order valence-corrected chi connectivity index (χ2v) is 8.05. The normalized spacial score (nSPS) is 19.2. The number of carbonyl (C=O) groups is 1. The van der Waals surface area contributed by atoms with Crippen LogP contribution in [0.5, 0.6) is 11.5 Å². The minimum atomic E-state index is -0.132. The molecule has 3 N–H and O–H groups in total. The van der Waals surface area contributed by atoms with Crippen molar-refractivity contribution in [1.82, 2.24) is 5.32 Å². The SMILES string of the molecule is NC(COc1ccc(Cl)cc1)=NC1CCC(NC(=O)COc2ccc(Cl)cc2)CC1. The molecule has 0 saturated heterocycles. The Labute approximate surface area is 186 Å². The molecular formula is C22H25Cl2N3O3. The fourth-order valence-corrected chi connectivity index (χ4v) is 3.51. The van der Waals surface area contributed by atoms with Crippen LogP contribution in [0.25, 0.3) is 0 Å². The highest BCUT2D eigenvalue weighted by molar-refractivity contribution is 6.30. The molecule has 0 unspecified atom stereocenters. The number of nitrogens with zero attached hydrogens (tertiary/aromatic N) is 1. The zero-order valence-corrected chi connectivity index (χ0v) is 18.0. The Hall–Kier alpha value is -2.44. The summed E-state index contributed by atoms with van der Waals surface area (Å²) < 4.78 is 11.1. The Bertz CT molecular complexity index is 849. The molecule has 1 aliphatic rings. The van der Waals surface area contributed by atoms with Crippen molar-refractivity contribution in [3.8, 4) is 11.5 Å². The smallest absolute Gasteiger partial charge is 0.258 e. The van der Waals surface area contributed by atoms with E-state index in [1.807, 2.05) is 0 Å². The van der Waals surface area contributed by atoms with E-state index in [2.05, 4.69) is 10.3 Å². The lowest BCUT2D eigenvalue weighted by Gasteiger charge is -2.27. The summed E-state index contributed by atoms with van der Waals surface area (Å²) in [6, 6.07) is 14.3. The molecule has 0 heterocycles. The molecule has 1 fully saturated rings. The van der Waals surface area contributed by atoms with Crippen molar-refractivity contribution in [3.63, 3.8) is 0 Å². The number of carbonyl (C=O) groups excluding carboxylic acids is 1. The Morgan fingerprint density at radius 1 is 0.900 bits per heavy atom. The topological polar surface area (TPSA) is 85.9 Å². The fourth-order valence-electron chi connectivity index (χ4n) is 3.26. The van der Waals surface area contributed by atoms with Crippen molar-refractivity contribution in [2.45, 2.75) is 37.8 Å². The molecule has 0 atom stereocenters. The Kier molecular flexibility index (Phi) is 8.22. The first kappa shape index (κ1) is 22.2. The van der Waals surface area contributed by atoms with Crippen LogP contribution in [0.15, 0.2) is 53.5 Å². The van der Waals surface area contributed by atoms with E-state index in [1.54, 1.807) is 48.5 Å². The van der Waals surface area contributed by atoms with Gasteiger partial charge in [0.05, 0.1) is 6.04 Å². The molecule has 0 aromatic heterocycles. The fraction of sp³-hybridized carbons (Fsp3) is 0.364. The average Bonchev–Trinajstić information content (AvgIpc) is 2.74. The van der Waals surface area contributed by atoms with Crippen LogP contribution in [0.3, 0.4) is 0 Å². The van der Waals surface area contributed by atoms with E-state index in [0.29, 0.717) is 27.4 Å². The number of nitrogens with two attached hydrogens (primary N) is 1. The van der Waals surface area contributed by atoms with Crippen molar-refractivity contribution in [2.24, 2.45) is 10.7 Å². The van der Waals surface area contributed by atoms with Crippen molar-refractivity contribution in [2.75, 3.05) is 13.2 Å². The number of hydrogen-bond acceptors (Lipinski definition) is 4. The summed E-state index contributed by atoms with van der Waals surface area (Å²) in [7, 11) is 0. The third-order valence-electron chi connectivity index (χ3n) is 4.79. The average molecular weight is 450 g/mol. The first-order chi connectivity index (χ1) is 14.5. The van der Waals surface area contributed by atoms with Gasteiger partial charge in [-0.1, -0.05) is 23.2 Å². The number of nitrogens with one attached hydrogen (secondary N) is 1. The van der Waals surface area contributed by atoms with Gasteiger partial charge in [-0.3, -0.25) is 9.79 Å². The van der Waals surface area contributed by atoms with Gasteiger partial charge in [-0.15, -0.1) is 0 Å². The maximum Gasteiger partial charge on any atom is 0.258 e. The van der Waals surface area contributed by atoms with E-state index in [-0.39, 0.29) is 31.2 Å². The highest BCUT2D eigenvalue weighted by atomic mass is 35.5. The Morgan fingerprint density at radius 2 is 1.40 bits per heavy atom. The van der Waals surface area contributed by atoms with Gasteiger partial charge in [0, 0.05) is 16.1 Å². The van der Waals surface area contributed by atoms with Gasteiger partial charge >= 0.3 is 0 Å². The molecule has 1 aliphatic carbocycles. The number of amides is 1. The molecule has 6 nitrogen and oxygen atoms in total. The number of ether oxygens (including phenoxy) is 2. The molecular weight excluding hydrogens is 425 g/mol. The number of halogens is 2. The summed E-state index contributed by atoms with van der Waals surface area (Å²) in [5.74, 6) is 1.65. The van der Waals surface area contributed by atoms with E-state index in [9.17, 15) is 4.79 Å². The van der Waals surface area contributed by atoms with Gasteiger partial charge in [0.25, 0.3) is 5.91 Å². The molecule has 8 heteroatoms. The number of amidine groups is 1. The highest BCUT2D eigenvalue weighted by Crippen LogP contribution is 2.22. The monoisotopic (exact) mass is 449 g/mol. The van der Waals surface area contributed by atoms with Crippen molar-refractivity contribution >= 4 is 34.9 Å². The molecule has 2 aromatic rings. The first-order valence-corrected chi connectivity index (χ1v) is 10.6. The molecule has 1 saturated carbocycles. The highest BCUT2D eigenvalue weighted by Gasteiger charge is 2.22. The first-order valence-electron chi connectivity index (χ1n) is 9.86. The van der Waals surface area contributed by atoms with Gasteiger partial charge in [-0.05, 0) is 74.2 Å². The zero-order valence-electron chi connectivity index (χ0n) is 16.5. The van der Waals surface area contributed by atoms with Crippen LogP contribution in [0, 0.1) is 0 Å². The van der Waals surface area contributed by atoms with E-state index < -0.39 is 0 Å². The van der Waals surface area contributed by atoms with Crippen molar-refractivity contribution in [1.29, 1.82) is 0 Å².